The van der Waals surface area contributed by atoms with Crippen molar-refractivity contribution in [2.45, 2.75) is 0 Å². The van der Waals surface area contributed by atoms with E-state index in [1.165, 1.54) is 25.4 Å². The van der Waals surface area contributed by atoms with Gasteiger partial charge in [-0.15, -0.1) is 0 Å². The Hall–Kier alpha value is -2.15. The zero-order valence-corrected chi connectivity index (χ0v) is 11.5. The van der Waals surface area contributed by atoms with Gasteiger partial charge in [0.1, 0.15) is 5.75 Å². The summed E-state index contributed by atoms with van der Waals surface area (Å²) in [7, 11) is 1.24. The smallest absolute Gasteiger partial charge is 0.360 e. The van der Waals surface area contributed by atoms with Gasteiger partial charge in [-0.25, -0.2) is 14.8 Å². The second-order valence-electron chi connectivity index (χ2n) is 3.64. The summed E-state index contributed by atoms with van der Waals surface area (Å²) in [5.74, 6) is -0.591. The van der Waals surface area contributed by atoms with E-state index >= 15 is 0 Å². The lowest BCUT2D eigenvalue weighted by atomic mass is 10.1. The van der Waals surface area contributed by atoms with Gasteiger partial charge in [0.15, 0.2) is 11.5 Å². The van der Waals surface area contributed by atoms with Crippen LogP contribution in [0.1, 0.15) is 10.5 Å². The van der Waals surface area contributed by atoms with Gasteiger partial charge in [-0.1, -0.05) is 15.9 Å². The molecule has 0 saturated heterocycles. The molecule has 0 spiro atoms. The molecular formula is C12H10BrN3O3. The van der Waals surface area contributed by atoms with Gasteiger partial charge in [-0.05, 0) is 18.2 Å². The van der Waals surface area contributed by atoms with Crippen molar-refractivity contribution in [3.05, 3.63) is 34.6 Å². The number of phenolic OH excluding ortho intramolecular Hbond substituents is 1. The fourth-order valence-corrected chi connectivity index (χ4v) is 1.93. The zero-order valence-electron chi connectivity index (χ0n) is 9.92. The SMILES string of the molecule is COC(=O)c1nc(-c2cc(O)ccc2Br)cnc1N. The van der Waals surface area contributed by atoms with E-state index < -0.39 is 5.97 Å². The zero-order chi connectivity index (χ0) is 14.0. The van der Waals surface area contributed by atoms with E-state index in [0.717, 1.165) is 0 Å². The van der Waals surface area contributed by atoms with Crippen LogP contribution in [0.5, 0.6) is 5.75 Å². The van der Waals surface area contributed by atoms with Crippen molar-refractivity contribution in [3.8, 4) is 17.0 Å². The number of hydrogen-bond donors (Lipinski definition) is 2. The van der Waals surface area contributed by atoms with Crippen molar-refractivity contribution < 1.29 is 14.6 Å². The Labute approximate surface area is 117 Å². The number of carbonyl (C=O) groups is 1. The predicted octanol–water partition coefficient (Wildman–Crippen LogP) is 1.98. The Kier molecular flexibility index (Phi) is 3.66. The van der Waals surface area contributed by atoms with Crippen LogP contribution in [-0.4, -0.2) is 28.2 Å². The highest BCUT2D eigenvalue weighted by Gasteiger charge is 2.16. The van der Waals surface area contributed by atoms with E-state index in [1.54, 1.807) is 6.07 Å². The fourth-order valence-electron chi connectivity index (χ4n) is 1.48. The van der Waals surface area contributed by atoms with Crippen molar-refractivity contribution in [1.29, 1.82) is 0 Å². The van der Waals surface area contributed by atoms with Crippen molar-refractivity contribution >= 4 is 27.7 Å². The minimum absolute atomic E-state index is 0.00752. The highest BCUT2D eigenvalue weighted by atomic mass is 79.9. The van der Waals surface area contributed by atoms with Crippen LogP contribution in [0.4, 0.5) is 5.82 Å². The molecule has 0 amide bonds. The van der Waals surface area contributed by atoms with E-state index in [1.807, 2.05) is 0 Å². The van der Waals surface area contributed by atoms with E-state index in [0.29, 0.717) is 15.7 Å². The summed E-state index contributed by atoms with van der Waals surface area (Å²) in [6.07, 6.45) is 1.42. The number of ether oxygens (including phenoxy) is 1. The van der Waals surface area contributed by atoms with Crippen LogP contribution in [0.25, 0.3) is 11.3 Å². The Bertz CT molecular complexity index is 646. The molecule has 0 unspecified atom stereocenters. The Morgan fingerprint density at radius 3 is 2.89 bits per heavy atom. The number of hydrogen-bond acceptors (Lipinski definition) is 6. The Morgan fingerprint density at radius 2 is 2.21 bits per heavy atom. The summed E-state index contributed by atoms with van der Waals surface area (Å²) in [6.45, 7) is 0. The molecule has 3 N–H and O–H groups in total. The number of benzene rings is 1. The predicted molar refractivity (Wildman–Crippen MR) is 72.6 cm³/mol. The molecule has 98 valence electrons. The molecule has 1 aromatic carbocycles. The number of rotatable bonds is 2. The molecule has 6 nitrogen and oxygen atoms in total. The lowest BCUT2D eigenvalue weighted by molar-refractivity contribution is 0.0595. The maximum Gasteiger partial charge on any atom is 0.360 e. The van der Waals surface area contributed by atoms with Crippen LogP contribution >= 0.6 is 15.9 Å². The second-order valence-corrected chi connectivity index (χ2v) is 4.50. The molecule has 7 heteroatoms. The van der Waals surface area contributed by atoms with Crippen LogP contribution in [0, 0.1) is 0 Å². The quantitative estimate of drug-likeness (QED) is 0.820. The van der Waals surface area contributed by atoms with Crippen molar-refractivity contribution in [3.63, 3.8) is 0 Å². The van der Waals surface area contributed by atoms with Gasteiger partial charge in [0.2, 0.25) is 0 Å². The summed E-state index contributed by atoms with van der Waals surface area (Å²) in [5, 5.41) is 9.49. The van der Waals surface area contributed by atoms with E-state index in [4.69, 9.17) is 5.73 Å². The molecule has 0 radical (unpaired) electrons. The lowest BCUT2D eigenvalue weighted by Crippen LogP contribution is -2.10. The number of nitrogens with two attached hydrogens (primary N) is 1. The summed E-state index contributed by atoms with van der Waals surface area (Å²) < 4.78 is 5.29. The van der Waals surface area contributed by atoms with E-state index in [9.17, 15) is 9.90 Å². The summed E-state index contributed by atoms with van der Waals surface area (Å²) in [5.41, 5.74) is 6.51. The number of aromatic hydroxyl groups is 1. The molecule has 0 aliphatic heterocycles. The average Bonchev–Trinajstić information content (AvgIpc) is 2.41. The van der Waals surface area contributed by atoms with Crippen molar-refractivity contribution in [2.24, 2.45) is 0 Å². The minimum Gasteiger partial charge on any atom is -0.508 e. The van der Waals surface area contributed by atoms with Gasteiger partial charge in [-0.2, -0.15) is 0 Å². The van der Waals surface area contributed by atoms with E-state index in [2.05, 4.69) is 30.6 Å². The molecule has 0 aliphatic carbocycles. The number of carbonyl (C=O) groups excluding carboxylic acids is 1. The van der Waals surface area contributed by atoms with Crippen molar-refractivity contribution in [2.75, 3.05) is 12.8 Å². The minimum atomic E-state index is -0.664. The van der Waals surface area contributed by atoms with Gasteiger partial charge in [0.25, 0.3) is 0 Å². The van der Waals surface area contributed by atoms with Crippen LogP contribution < -0.4 is 5.73 Å². The number of anilines is 1. The third-order valence-corrected chi connectivity index (χ3v) is 3.10. The van der Waals surface area contributed by atoms with Crippen LogP contribution in [0.2, 0.25) is 0 Å². The monoisotopic (exact) mass is 323 g/mol. The Balaban J connectivity index is 2.57. The first kappa shape index (κ1) is 13.3. The van der Waals surface area contributed by atoms with Crippen molar-refractivity contribution in [1.82, 2.24) is 9.97 Å². The third kappa shape index (κ3) is 2.65. The number of nitrogen functional groups attached to an aromatic ring is 1. The molecule has 0 aliphatic rings. The molecule has 0 fully saturated rings. The second kappa shape index (κ2) is 5.23. The molecule has 1 heterocycles. The molecule has 0 saturated carbocycles. The molecule has 19 heavy (non-hydrogen) atoms. The summed E-state index contributed by atoms with van der Waals surface area (Å²) in [4.78, 5) is 19.5. The average molecular weight is 324 g/mol. The first-order chi connectivity index (χ1) is 9.02. The summed E-state index contributed by atoms with van der Waals surface area (Å²) in [6, 6.07) is 4.70. The summed E-state index contributed by atoms with van der Waals surface area (Å²) >= 11 is 3.34. The highest BCUT2D eigenvalue weighted by molar-refractivity contribution is 9.10. The van der Waals surface area contributed by atoms with Crippen LogP contribution in [0.3, 0.4) is 0 Å². The fraction of sp³-hybridized carbons (Fsp3) is 0.0833. The topological polar surface area (TPSA) is 98.3 Å². The van der Waals surface area contributed by atoms with E-state index in [-0.39, 0.29) is 17.3 Å². The molecule has 0 atom stereocenters. The highest BCUT2D eigenvalue weighted by Crippen LogP contribution is 2.30. The molecule has 1 aromatic heterocycles. The number of esters is 1. The number of halogens is 1. The third-order valence-electron chi connectivity index (χ3n) is 2.41. The molecular weight excluding hydrogens is 314 g/mol. The van der Waals surface area contributed by atoms with Crippen LogP contribution in [0.15, 0.2) is 28.9 Å². The van der Waals surface area contributed by atoms with Gasteiger partial charge in [0, 0.05) is 10.0 Å². The molecule has 0 bridgehead atoms. The van der Waals surface area contributed by atoms with Crippen LogP contribution in [-0.2, 0) is 4.74 Å². The molecule has 2 aromatic rings. The maximum atomic E-state index is 11.5. The van der Waals surface area contributed by atoms with Gasteiger partial charge in [-0.3, -0.25) is 0 Å². The first-order valence-corrected chi connectivity index (χ1v) is 6.02. The number of phenols is 1. The maximum absolute atomic E-state index is 11.5. The first-order valence-electron chi connectivity index (χ1n) is 5.22. The molecule has 2 rings (SSSR count). The number of methoxy groups -OCH3 is 1. The van der Waals surface area contributed by atoms with Gasteiger partial charge in [0.05, 0.1) is 19.0 Å². The van der Waals surface area contributed by atoms with Gasteiger partial charge < -0.3 is 15.6 Å². The normalized spacial score (nSPS) is 10.2. The Morgan fingerprint density at radius 1 is 1.47 bits per heavy atom. The lowest BCUT2D eigenvalue weighted by Gasteiger charge is -2.07. The van der Waals surface area contributed by atoms with Gasteiger partial charge >= 0.3 is 5.97 Å². The standard InChI is InChI=1S/C12H10BrN3O3/c1-19-12(18)10-11(14)15-5-9(16-10)7-4-6(17)2-3-8(7)13/h2-5,17H,1H3,(H2,14,15). The number of nitrogens with zero attached hydrogens (tertiary/aromatic N) is 2. The number of aromatic nitrogens is 2. The largest absolute Gasteiger partial charge is 0.508 e.